The fourth-order valence-electron chi connectivity index (χ4n) is 7.69. The number of carboxylic acid groups (broad SMARTS) is 1. The lowest BCUT2D eigenvalue weighted by Crippen LogP contribution is -2.61. The summed E-state index contributed by atoms with van der Waals surface area (Å²) in [6, 6.07) is 19.4. The second-order valence-corrected chi connectivity index (χ2v) is 11.1. The maximum absolute atomic E-state index is 12.6. The quantitative estimate of drug-likeness (QED) is 0.592. The van der Waals surface area contributed by atoms with Crippen molar-refractivity contribution in [2.45, 2.75) is 68.9 Å². The van der Waals surface area contributed by atoms with Crippen LogP contribution in [-0.2, 0) is 20.1 Å². The number of nitrogens with one attached hydrogen (secondary N) is 1. The Labute approximate surface area is 205 Å². The minimum Gasteiger partial charge on any atom is -0.478 e. The number of unbranched alkanes of at least 4 members (excludes halogenated alkanes) is 1. The van der Waals surface area contributed by atoms with Gasteiger partial charge in [0.05, 0.1) is 16.4 Å². The average Bonchev–Trinajstić information content (AvgIpc) is 3.26. The first-order valence-electron chi connectivity index (χ1n) is 12.5. The molecule has 1 aliphatic carbocycles. The van der Waals surface area contributed by atoms with Crippen molar-refractivity contribution in [3.8, 4) is 0 Å². The molecule has 0 bridgehead atoms. The molecule has 180 valence electrons. The molecule has 3 aliphatic rings. The zero-order valence-electron chi connectivity index (χ0n) is 20.7. The average molecular weight is 477 g/mol. The summed E-state index contributed by atoms with van der Waals surface area (Å²) in [6.45, 7) is 8.51. The number of carbonyl (C=O) groups is 1. The van der Waals surface area contributed by atoms with Gasteiger partial charge in [-0.2, -0.15) is 0 Å². The number of likely N-dealkylation sites (tertiary alicyclic amines) is 1. The van der Waals surface area contributed by atoms with Gasteiger partial charge in [0, 0.05) is 29.6 Å². The first-order valence-corrected chi connectivity index (χ1v) is 13.3. The van der Waals surface area contributed by atoms with E-state index in [2.05, 4.69) is 79.5 Å². The Morgan fingerprint density at radius 3 is 2.56 bits per heavy atom. The van der Waals surface area contributed by atoms with E-state index < -0.39 is 16.8 Å². The van der Waals surface area contributed by atoms with Crippen LogP contribution in [0.25, 0.3) is 0 Å². The molecule has 3 atom stereocenters. The number of hydrogen-bond donors (Lipinski definition) is 2. The van der Waals surface area contributed by atoms with E-state index in [4.69, 9.17) is 4.43 Å². The van der Waals surface area contributed by atoms with Crippen LogP contribution in [-0.4, -0.2) is 51.2 Å². The van der Waals surface area contributed by atoms with E-state index in [1.165, 1.54) is 11.1 Å². The molecule has 0 saturated carbocycles. The lowest BCUT2D eigenvalue weighted by molar-refractivity contribution is -0.133. The van der Waals surface area contributed by atoms with Crippen LogP contribution in [0.1, 0.15) is 57.6 Å². The maximum Gasteiger partial charge on any atom is 0.333 e. The molecule has 2 heterocycles. The largest absolute Gasteiger partial charge is 0.478 e. The van der Waals surface area contributed by atoms with Crippen LogP contribution in [0.2, 0.25) is 0 Å². The van der Waals surface area contributed by atoms with Gasteiger partial charge in [-0.25, -0.2) is 4.79 Å². The van der Waals surface area contributed by atoms with Gasteiger partial charge in [0.15, 0.2) is 0 Å². The van der Waals surface area contributed by atoms with Gasteiger partial charge in [0.1, 0.15) is 10.5 Å². The van der Waals surface area contributed by atoms with Crippen LogP contribution in [0.15, 0.2) is 65.9 Å². The number of para-hydroxylation sites is 1. The van der Waals surface area contributed by atoms with Crippen molar-refractivity contribution in [1.29, 1.82) is 0 Å². The maximum atomic E-state index is 12.6. The predicted octanol–water partition coefficient (Wildman–Crippen LogP) is 3.98. The van der Waals surface area contributed by atoms with Crippen molar-refractivity contribution in [3.63, 3.8) is 0 Å². The summed E-state index contributed by atoms with van der Waals surface area (Å²) in [5, 5.41) is 14.0. The number of rotatable bonds is 7. The third-order valence-electron chi connectivity index (χ3n) is 8.93. The number of anilines is 1. The minimum absolute atomic E-state index is 0.181. The van der Waals surface area contributed by atoms with Crippen molar-refractivity contribution >= 4 is 22.1 Å². The Hall–Kier alpha value is -2.41. The van der Waals surface area contributed by atoms with Gasteiger partial charge >= 0.3 is 5.97 Å². The molecule has 6 heteroatoms. The monoisotopic (exact) mass is 476 g/mol. The summed E-state index contributed by atoms with van der Waals surface area (Å²) in [5.41, 5.74) is 3.62. The Morgan fingerprint density at radius 2 is 1.88 bits per heavy atom. The molecule has 2 aliphatic heterocycles. The standard InChI is InChI=1S/C28H36N2O3Si/c1-4-5-17-30-23-16-15-20(25(31)32)24-28(23,21-13-9-10-14-22(21)29-24)27(18-33-34,26(30,2)3)19-11-7-6-8-12-19/h6-14,23,29H,4-5,15-18H2,1-3,34H3,(H,31,32). The second-order valence-electron chi connectivity index (χ2n) is 10.5. The Balaban J connectivity index is 1.94. The number of carboxylic acids is 1. The minimum atomic E-state index is -0.813. The van der Waals surface area contributed by atoms with Gasteiger partial charge in [-0.05, 0) is 56.8 Å². The van der Waals surface area contributed by atoms with Gasteiger partial charge in [-0.15, -0.1) is 0 Å². The van der Waals surface area contributed by atoms with Crippen LogP contribution < -0.4 is 5.32 Å². The first-order chi connectivity index (χ1) is 16.4. The molecular weight excluding hydrogens is 440 g/mol. The highest BCUT2D eigenvalue weighted by Crippen LogP contribution is 2.70. The lowest BCUT2D eigenvalue weighted by Gasteiger charge is -2.53. The number of fused-ring (bicyclic) bond motifs is 1. The SMILES string of the molecule is CCCCN1C2CCC(C(=O)O)=C3Nc4ccccc4C32C(CO[SiH3])(c2ccccc2)C1(C)C. The summed E-state index contributed by atoms with van der Waals surface area (Å²) in [6.07, 6.45) is 3.63. The second kappa shape index (κ2) is 8.36. The van der Waals surface area contributed by atoms with Crippen LogP contribution >= 0.6 is 0 Å². The van der Waals surface area contributed by atoms with Gasteiger partial charge in [-0.3, -0.25) is 4.90 Å². The van der Waals surface area contributed by atoms with Crippen LogP contribution in [0.4, 0.5) is 5.69 Å². The molecule has 34 heavy (non-hydrogen) atoms. The van der Waals surface area contributed by atoms with Gasteiger partial charge in [-0.1, -0.05) is 61.9 Å². The van der Waals surface area contributed by atoms with E-state index in [9.17, 15) is 9.90 Å². The summed E-state index contributed by atoms with van der Waals surface area (Å²) >= 11 is 0. The number of benzene rings is 2. The molecule has 0 aromatic heterocycles. The molecular formula is C28H36N2O3Si. The van der Waals surface area contributed by atoms with E-state index in [-0.39, 0.29) is 11.6 Å². The molecule has 5 rings (SSSR count). The van der Waals surface area contributed by atoms with E-state index in [0.717, 1.165) is 37.2 Å². The van der Waals surface area contributed by atoms with Crippen molar-refractivity contribution in [3.05, 3.63) is 77.0 Å². The van der Waals surface area contributed by atoms with Crippen molar-refractivity contribution in [1.82, 2.24) is 4.90 Å². The van der Waals surface area contributed by atoms with Gasteiger partial charge in [0.2, 0.25) is 0 Å². The summed E-state index contributed by atoms with van der Waals surface area (Å²) in [4.78, 5) is 15.3. The Morgan fingerprint density at radius 1 is 1.18 bits per heavy atom. The van der Waals surface area contributed by atoms with Crippen molar-refractivity contribution < 1.29 is 14.3 Å². The van der Waals surface area contributed by atoms with E-state index >= 15 is 0 Å². The molecule has 0 amide bonds. The van der Waals surface area contributed by atoms with E-state index in [1.807, 2.05) is 6.07 Å². The van der Waals surface area contributed by atoms with Crippen LogP contribution in [0.3, 0.4) is 0 Å². The van der Waals surface area contributed by atoms with Gasteiger partial charge in [0.25, 0.3) is 0 Å². The highest BCUT2D eigenvalue weighted by Gasteiger charge is 2.76. The van der Waals surface area contributed by atoms with Crippen LogP contribution in [0, 0.1) is 0 Å². The third kappa shape index (κ3) is 2.76. The normalized spacial score (nSPS) is 29.4. The molecule has 1 fully saturated rings. The molecule has 1 spiro atoms. The summed E-state index contributed by atoms with van der Waals surface area (Å²) < 4.78 is 6.25. The molecule has 3 unspecified atom stereocenters. The van der Waals surface area contributed by atoms with E-state index in [1.54, 1.807) is 0 Å². The Kier molecular flexibility index (Phi) is 5.74. The highest BCUT2D eigenvalue weighted by atomic mass is 28.2. The molecule has 5 nitrogen and oxygen atoms in total. The number of hydrogen-bond acceptors (Lipinski definition) is 4. The summed E-state index contributed by atoms with van der Waals surface area (Å²) in [5.74, 6) is -0.813. The highest BCUT2D eigenvalue weighted by molar-refractivity contribution is 5.98. The van der Waals surface area contributed by atoms with Crippen molar-refractivity contribution in [2.24, 2.45) is 0 Å². The molecule has 2 N–H and O–H groups in total. The van der Waals surface area contributed by atoms with Crippen LogP contribution in [0.5, 0.6) is 0 Å². The zero-order chi connectivity index (χ0) is 24.1. The smallest absolute Gasteiger partial charge is 0.333 e. The number of nitrogens with zero attached hydrogens (tertiary/aromatic N) is 1. The predicted molar refractivity (Wildman–Crippen MR) is 139 cm³/mol. The molecule has 2 aromatic carbocycles. The third-order valence-corrected chi connectivity index (χ3v) is 9.21. The number of aliphatic carboxylic acids is 1. The van der Waals surface area contributed by atoms with Gasteiger partial charge < -0.3 is 14.8 Å². The van der Waals surface area contributed by atoms with E-state index in [0.29, 0.717) is 29.1 Å². The molecule has 2 aromatic rings. The first kappa shape index (κ1) is 23.3. The lowest BCUT2D eigenvalue weighted by atomic mass is 9.49. The topological polar surface area (TPSA) is 61.8 Å². The van der Waals surface area contributed by atoms with Crippen molar-refractivity contribution in [2.75, 3.05) is 18.5 Å². The molecule has 1 saturated heterocycles. The summed E-state index contributed by atoms with van der Waals surface area (Å²) in [7, 11) is 0.621. The fourth-order valence-corrected chi connectivity index (χ4v) is 8.13. The molecule has 0 radical (unpaired) electrons. The zero-order valence-corrected chi connectivity index (χ0v) is 22.7. The fraction of sp³-hybridized carbons (Fsp3) is 0.464. The Bertz CT molecular complexity index is 1130.